The van der Waals surface area contributed by atoms with Crippen LogP contribution in [0.3, 0.4) is 0 Å². The molecule has 0 saturated carbocycles. The van der Waals surface area contributed by atoms with Crippen molar-refractivity contribution in [2.75, 3.05) is 55.8 Å². The van der Waals surface area contributed by atoms with Crippen LogP contribution in [0.4, 0.5) is 23.0 Å². The number of benzene rings is 1. The Morgan fingerprint density at radius 1 is 1.26 bits per heavy atom. The number of carbonyl (C=O) groups excluding carboxylic acids is 1. The summed E-state index contributed by atoms with van der Waals surface area (Å²) in [6.45, 7) is 6.93. The highest BCUT2D eigenvalue weighted by Crippen LogP contribution is 2.26. The van der Waals surface area contributed by atoms with Crippen molar-refractivity contribution in [1.82, 2.24) is 14.9 Å². The topological polar surface area (TPSA) is 105 Å². The maximum atomic E-state index is 11.5. The monoisotopic (exact) mass is 370 g/mol. The van der Waals surface area contributed by atoms with Crippen LogP contribution in [0.5, 0.6) is 0 Å². The van der Waals surface area contributed by atoms with Gasteiger partial charge in [-0.05, 0) is 32.0 Å². The lowest BCUT2D eigenvalue weighted by molar-refractivity contribution is 0.0378. The minimum atomic E-state index is 0.0110. The molecule has 144 valence electrons. The first-order chi connectivity index (χ1) is 13.1. The normalized spacial score (nSPS) is 14.7. The lowest BCUT2D eigenvalue weighted by atomic mass is 10.1. The smallest absolute Gasteiger partial charge is 0.159 e. The first-order valence-electron chi connectivity index (χ1n) is 9.16. The number of anilines is 4. The molecule has 3 rings (SSSR count). The Morgan fingerprint density at radius 2 is 2.04 bits per heavy atom. The third-order valence-electron chi connectivity index (χ3n) is 4.46. The number of nitrogens with zero attached hydrogens (tertiary/aromatic N) is 3. The average molecular weight is 370 g/mol. The number of nitrogens with one attached hydrogen (secondary N) is 2. The van der Waals surface area contributed by atoms with Gasteiger partial charge in [0.15, 0.2) is 17.4 Å². The van der Waals surface area contributed by atoms with Gasteiger partial charge in [0.1, 0.15) is 12.0 Å². The van der Waals surface area contributed by atoms with Crippen molar-refractivity contribution < 1.29 is 9.53 Å². The van der Waals surface area contributed by atoms with E-state index in [1.54, 1.807) is 12.1 Å². The molecular weight excluding hydrogens is 344 g/mol. The number of ether oxygens (including phenoxy) is 1. The van der Waals surface area contributed by atoms with Crippen molar-refractivity contribution >= 4 is 28.8 Å². The van der Waals surface area contributed by atoms with Gasteiger partial charge in [0.05, 0.1) is 13.2 Å². The van der Waals surface area contributed by atoms with E-state index in [-0.39, 0.29) is 5.78 Å². The standard InChI is InChI=1S/C19H26N6O2/c1-14(26)15-4-2-5-16(12-15)24-19-17(20)18(22-13-23-19)21-6-3-7-25-8-10-27-11-9-25/h2,4-5,12-13H,3,6-11,20H2,1H3,(H2,21,22,23,24). The van der Waals surface area contributed by atoms with Crippen LogP contribution < -0.4 is 16.4 Å². The third kappa shape index (κ3) is 5.38. The van der Waals surface area contributed by atoms with Gasteiger partial charge in [0, 0.05) is 30.9 Å². The Hall–Kier alpha value is -2.71. The van der Waals surface area contributed by atoms with Gasteiger partial charge in [0.2, 0.25) is 0 Å². The Bertz CT molecular complexity index is 777. The zero-order valence-corrected chi connectivity index (χ0v) is 15.6. The first kappa shape index (κ1) is 19.1. The van der Waals surface area contributed by atoms with Crippen LogP contribution in [-0.4, -0.2) is 60.0 Å². The van der Waals surface area contributed by atoms with Crippen LogP contribution in [-0.2, 0) is 4.74 Å². The zero-order chi connectivity index (χ0) is 19.1. The van der Waals surface area contributed by atoms with Gasteiger partial charge in [0.25, 0.3) is 0 Å². The molecule has 0 bridgehead atoms. The molecule has 8 heteroatoms. The fourth-order valence-electron chi connectivity index (χ4n) is 2.92. The number of hydrogen-bond donors (Lipinski definition) is 3. The Balaban J connectivity index is 1.56. The van der Waals surface area contributed by atoms with Crippen molar-refractivity contribution in [3.8, 4) is 0 Å². The van der Waals surface area contributed by atoms with Crippen LogP contribution in [0.1, 0.15) is 23.7 Å². The summed E-state index contributed by atoms with van der Waals surface area (Å²) in [6, 6.07) is 7.24. The van der Waals surface area contributed by atoms with Crippen LogP contribution in [0, 0.1) is 0 Å². The van der Waals surface area contributed by atoms with E-state index < -0.39 is 0 Å². The number of hydrogen-bond acceptors (Lipinski definition) is 8. The Morgan fingerprint density at radius 3 is 2.81 bits per heavy atom. The Labute approximate surface area is 159 Å². The molecule has 0 amide bonds. The molecule has 1 aliphatic rings. The van der Waals surface area contributed by atoms with E-state index in [1.807, 2.05) is 12.1 Å². The maximum Gasteiger partial charge on any atom is 0.159 e. The van der Waals surface area contributed by atoms with Gasteiger partial charge in [-0.1, -0.05) is 12.1 Å². The number of ketones is 1. The van der Waals surface area contributed by atoms with Gasteiger partial charge in [-0.25, -0.2) is 9.97 Å². The molecule has 1 fully saturated rings. The third-order valence-corrected chi connectivity index (χ3v) is 4.46. The summed E-state index contributed by atoms with van der Waals surface area (Å²) in [6.07, 6.45) is 2.46. The maximum absolute atomic E-state index is 11.5. The van der Waals surface area contributed by atoms with Gasteiger partial charge >= 0.3 is 0 Å². The number of morpholine rings is 1. The molecule has 0 spiro atoms. The zero-order valence-electron chi connectivity index (χ0n) is 15.6. The minimum Gasteiger partial charge on any atom is -0.393 e. The molecule has 0 radical (unpaired) electrons. The van der Waals surface area contributed by atoms with Crippen molar-refractivity contribution in [3.63, 3.8) is 0 Å². The quantitative estimate of drug-likeness (QED) is 0.479. The number of carbonyl (C=O) groups is 1. The van der Waals surface area contributed by atoms with E-state index in [0.717, 1.165) is 51.5 Å². The summed E-state index contributed by atoms with van der Waals surface area (Å²) >= 11 is 0. The number of nitrogens with two attached hydrogens (primary N) is 1. The summed E-state index contributed by atoms with van der Waals surface area (Å²) in [5.74, 6) is 1.13. The number of rotatable bonds is 8. The highest BCUT2D eigenvalue weighted by Gasteiger charge is 2.11. The molecule has 1 saturated heterocycles. The van der Waals surface area contributed by atoms with Gasteiger partial charge in [-0.15, -0.1) is 0 Å². The molecular formula is C19H26N6O2. The second kappa shape index (κ2) is 9.29. The van der Waals surface area contributed by atoms with E-state index in [1.165, 1.54) is 13.3 Å². The lowest BCUT2D eigenvalue weighted by Gasteiger charge is -2.26. The van der Waals surface area contributed by atoms with Crippen LogP contribution in [0.2, 0.25) is 0 Å². The van der Waals surface area contributed by atoms with E-state index in [2.05, 4.69) is 25.5 Å². The van der Waals surface area contributed by atoms with E-state index >= 15 is 0 Å². The Kier molecular flexibility index (Phi) is 6.56. The van der Waals surface area contributed by atoms with Crippen molar-refractivity contribution in [3.05, 3.63) is 36.2 Å². The highest BCUT2D eigenvalue weighted by atomic mass is 16.5. The summed E-state index contributed by atoms with van der Waals surface area (Å²) in [5.41, 5.74) is 8.06. The van der Waals surface area contributed by atoms with Crippen molar-refractivity contribution in [1.29, 1.82) is 0 Å². The SMILES string of the molecule is CC(=O)c1cccc(Nc2ncnc(NCCCN3CCOCC3)c2N)c1. The van der Waals surface area contributed by atoms with Gasteiger partial charge in [-0.2, -0.15) is 0 Å². The molecule has 0 atom stereocenters. The van der Waals surface area contributed by atoms with Crippen molar-refractivity contribution in [2.45, 2.75) is 13.3 Å². The first-order valence-corrected chi connectivity index (χ1v) is 9.16. The highest BCUT2D eigenvalue weighted by molar-refractivity contribution is 5.95. The molecule has 0 aliphatic carbocycles. The largest absolute Gasteiger partial charge is 0.393 e. The molecule has 1 aromatic heterocycles. The molecule has 1 aromatic carbocycles. The average Bonchev–Trinajstić information content (AvgIpc) is 2.69. The molecule has 2 aromatic rings. The predicted octanol–water partition coefficient (Wildman–Crippen LogP) is 2.14. The van der Waals surface area contributed by atoms with Crippen LogP contribution in [0.25, 0.3) is 0 Å². The minimum absolute atomic E-state index is 0.0110. The predicted molar refractivity (Wildman–Crippen MR) is 107 cm³/mol. The van der Waals surface area contributed by atoms with Gasteiger partial charge < -0.3 is 21.1 Å². The number of aromatic nitrogens is 2. The molecule has 2 heterocycles. The summed E-state index contributed by atoms with van der Waals surface area (Å²) in [7, 11) is 0. The molecule has 4 N–H and O–H groups in total. The van der Waals surface area contributed by atoms with Crippen molar-refractivity contribution in [2.24, 2.45) is 0 Å². The molecule has 1 aliphatic heterocycles. The number of Topliss-reactive ketones (excluding diaryl/α,β-unsaturated/α-hetero) is 1. The molecule has 0 unspecified atom stereocenters. The fraction of sp³-hybridized carbons (Fsp3) is 0.421. The fourth-order valence-corrected chi connectivity index (χ4v) is 2.92. The van der Waals surface area contributed by atoms with Gasteiger partial charge in [-0.3, -0.25) is 9.69 Å². The second-order valence-corrected chi connectivity index (χ2v) is 6.48. The van der Waals surface area contributed by atoms with E-state index in [0.29, 0.717) is 22.9 Å². The van der Waals surface area contributed by atoms with E-state index in [9.17, 15) is 4.79 Å². The summed E-state index contributed by atoms with van der Waals surface area (Å²) < 4.78 is 5.36. The molecule has 27 heavy (non-hydrogen) atoms. The van der Waals surface area contributed by atoms with Crippen LogP contribution in [0.15, 0.2) is 30.6 Å². The number of nitrogen functional groups attached to an aromatic ring is 1. The lowest BCUT2D eigenvalue weighted by Crippen LogP contribution is -2.37. The molecule has 8 nitrogen and oxygen atoms in total. The second-order valence-electron chi connectivity index (χ2n) is 6.48. The summed E-state index contributed by atoms with van der Waals surface area (Å²) in [5, 5.41) is 6.44. The van der Waals surface area contributed by atoms with Crippen LogP contribution >= 0.6 is 0 Å². The van der Waals surface area contributed by atoms with E-state index in [4.69, 9.17) is 10.5 Å². The summed E-state index contributed by atoms with van der Waals surface area (Å²) in [4.78, 5) is 22.4.